The molecule has 0 saturated carbocycles. The topological polar surface area (TPSA) is 9.23 Å². The summed E-state index contributed by atoms with van der Waals surface area (Å²) in [6.07, 6.45) is 0. The first kappa shape index (κ1) is 19.9. The van der Waals surface area contributed by atoms with E-state index in [0.29, 0.717) is 0 Å². The van der Waals surface area contributed by atoms with Crippen LogP contribution in [-0.2, 0) is 30.7 Å². The van der Waals surface area contributed by atoms with Gasteiger partial charge in [0, 0.05) is 13.2 Å². The van der Waals surface area contributed by atoms with Gasteiger partial charge in [0.15, 0.2) is 0 Å². The summed E-state index contributed by atoms with van der Waals surface area (Å²) >= 11 is -3.14. The molecular formula is C18H24Cl2HfO. The van der Waals surface area contributed by atoms with Gasteiger partial charge in [-0.05, 0) is 13.8 Å². The molecule has 22 heavy (non-hydrogen) atoms. The molecule has 0 aliphatic carbocycles. The van der Waals surface area contributed by atoms with Gasteiger partial charge in [-0.25, -0.2) is 0 Å². The standard InChI is InChI=1S/2C7H7.C4H10O.2ClH.Hf/c2*1-7-5-3-2-4-6-7;1-3-5-4-2;;;/h2*2-6H,1H2;3-4H2,1-2H3;2*1H;/q;;;;;+2/p-2. The van der Waals surface area contributed by atoms with Crippen molar-refractivity contribution < 1.29 is 22.3 Å². The number of ether oxygens (including phenoxy) is 1. The Bertz CT molecular complexity index is 458. The molecule has 0 amide bonds. The second-order valence-electron chi connectivity index (χ2n) is 4.96. The van der Waals surface area contributed by atoms with E-state index in [1.54, 1.807) is 0 Å². The van der Waals surface area contributed by atoms with E-state index in [9.17, 15) is 0 Å². The Kier molecular flexibility index (Phi) is 10.3. The zero-order valence-corrected chi connectivity index (χ0v) is 18.4. The van der Waals surface area contributed by atoms with Crippen molar-refractivity contribution in [3.8, 4) is 0 Å². The molecule has 0 saturated heterocycles. The number of halogens is 2. The van der Waals surface area contributed by atoms with Gasteiger partial charge in [-0.15, -0.1) is 0 Å². The Morgan fingerprint density at radius 2 is 1.09 bits per heavy atom. The van der Waals surface area contributed by atoms with Crippen molar-refractivity contribution in [1.29, 1.82) is 0 Å². The summed E-state index contributed by atoms with van der Waals surface area (Å²) < 4.78 is 6.59. The van der Waals surface area contributed by atoms with Crippen LogP contribution >= 0.6 is 17.2 Å². The van der Waals surface area contributed by atoms with Crippen LogP contribution in [0.15, 0.2) is 60.7 Å². The molecule has 2 aromatic rings. The first-order chi connectivity index (χ1) is 10.6. The zero-order valence-electron chi connectivity index (χ0n) is 13.3. The van der Waals surface area contributed by atoms with Crippen molar-refractivity contribution in [2.75, 3.05) is 13.2 Å². The van der Waals surface area contributed by atoms with Crippen LogP contribution < -0.4 is 0 Å². The minimum atomic E-state index is -3.14. The predicted molar refractivity (Wildman–Crippen MR) is 94.2 cm³/mol. The summed E-state index contributed by atoms with van der Waals surface area (Å²) in [5.41, 5.74) is 2.52. The molecule has 2 rings (SSSR count). The third kappa shape index (κ3) is 9.09. The van der Waals surface area contributed by atoms with Gasteiger partial charge in [0.1, 0.15) is 0 Å². The molecule has 0 radical (unpaired) electrons. The van der Waals surface area contributed by atoms with Crippen molar-refractivity contribution in [3.63, 3.8) is 0 Å². The second-order valence-corrected chi connectivity index (χ2v) is 27.1. The molecule has 0 atom stereocenters. The van der Waals surface area contributed by atoms with E-state index >= 15 is 0 Å². The summed E-state index contributed by atoms with van der Waals surface area (Å²) in [5.74, 6) is 0. The third-order valence-corrected chi connectivity index (χ3v) is 14.0. The normalized spacial score (nSPS) is 10.7. The Labute approximate surface area is 146 Å². The van der Waals surface area contributed by atoms with E-state index in [2.05, 4.69) is 24.3 Å². The zero-order chi connectivity index (χ0) is 16.3. The minimum absolute atomic E-state index is 0.844. The fraction of sp³-hybridized carbons (Fsp3) is 0.333. The second kappa shape index (κ2) is 11.4. The van der Waals surface area contributed by atoms with Gasteiger partial charge < -0.3 is 4.74 Å². The Hall–Kier alpha value is -0.150. The quantitative estimate of drug-likeness (QED) is 0.445. The van der Waals surface area contributed by atoms with E-state index in [1.165, 1.54) is 11.1 Å². The average Bonchev–Trinajstić information content (AvgIpc) is 2.50. The summed E-state index contributed by atoms with van der Waals surface area (Å²) in [6, 6.07) is 20.6. The van der Waals surface area contributed by atoms with Crippen LogP contribution in [0.5, 0.6) is 0 Å². The molecular weight excluding hydrogens is 482 g/mol. The molecule has 0 N–H and O–H groups in total. The van der Waals surface area contributed by atoms with Crippen molar-refractivity contribution in [2.45, 2.75) is 22.2 Å². The molecule has 0 heterocycles. The molecule has 120 valence electrons. The molecule has 1 nitrogen and oxygen atoms in total. The molecule has 0 unspecified atom stereocenters. The Morgan fingerprint density at radius 1 is 0.727 bits per heavy atom. The van der Waals surface area contributed by atoms with E-state index in [1.807, 2.05) is 50.2 Å². The number of hydrogen-bond acceptors (Lipinski definition) is 1. The summed E-state index contributed by atoms with van der Waals surface area (Å²) in [5, 5.41) is 0. The number of hydrogen-bond donors (Lipinski definition) is 0. The summed E-state index contributed by atoms with van der Waals surface area (Å²) in [6.45, 7) is 5.67. The SMILES string of the molecule is CCOCC.[Cl][Hf]([Cl])([CH2]c1ccccc1)[CH2]c1ccccc1. The fourth-order valence-electron chi connectivity index (χ4n) is 2.06. The van der Waals surface area contributed by atoms with Gasteiger partial charge in [0.05, 0.1) is 0 Å². The van der Waals surface area contributed by atoms with Crippen LogP contribution in [0.4, 0.5) is 0 Å². The fourth-order valence-corrected chi connectivity index (χ4v) is 13.5. The van der Waals surface area contributed by atoms with E-state index in [0.717, 1.165) is 21.6 Å². The Morgan fingerprint density at radius 3 is 1.36 bits per heavy atom. The molecule has 0 aliphatic heterocycles. The number of rotatable bonds is 6. The number of benzene rings is 2. The average molecular weight is 506 g/mol. The Balaban J connectivity index is 0.000000422. The van der Waals surface area contributed by atoms with Gasteiger partial charge in [0.25, 0.3) is 0 Å². The van der Waals surface area contributed by atoms with Crippen molar-refractivity contribution >= 4 is 17.2 Å². The van der Waals surface area contributed by atoms with Gasteiger partial charge in [0.2, 0.25) is 0 Å². The van der Waals surface area contributed by atoms with Crippen LogP contribution in [0, 0.1) is 0 Å². The molecule has 2 aromatic carbocycles. The van der Waals surface area contributed by atoms with Crippen LogP contribution in [0.3, 0.4) is 0 Å². The van der Waals surface area contributed by atoms with Crippen molar-refractivity contribution in [1.82, 2.24) is 0 Å². The van der Waals surface area contributed by atoms with E-state index in [4.69, 9.17) is 21.9 Å². The third-order valence-electron chi connectivity index (χ3n) is 3.02. The summed E-state index contributed by atoms with van der Waals surface area (Å²) in [7, 11) is 13.2. The first-order valence-electron chi connectivity index (χ1n) is 7.61. The summed E-state index contributed by atoms with van der Waals surface area (Å²) in [4.78, 5) is 0. The molecule has 0 aromatic heterocycles. The van der Waals surface area contributed by atoms with Gasteiger partial charge in [-0.1, -0.05) is 0 Å². The van der Waals surface area contributed by atoms with Crippen LogP contribution in [0.1, 0.15) is 25.0 Å². The van der Waals surface area contributed by atoms with E-state index in [-0.39, 0.29) is 0 Å². The molecule has 0 aliphatic rings. The van der Waals surface area contributed by atoms with E-state index < -0.39 is 17.6 Å². The molecule has 4 heteroatoms. The van der Waals surface area contributed by atoms with Crippen LogP contribution in [0.2, 0.25) is 0 Å². The van der Waals surface area contributed by atoms with Crippen LogP contribution in [0.25, 0.3) is 0 Å². The maximum atomic E-state index is 6.59. The molecule has 0 bridgehead atoms. The van der Waals surface area contributed by atoms with Crippen molar-refractivity contribution in [3.05, 3.63) is 71.8 Å². The predicted octanol–water partition coefficient (Wildman–Crippen LogP) is 5.89. The van der Waals surface area contributed by atoms with Gasteiger partial charge in [-0.2, -0.15) is 0 Å². The van der Waals surface area contributed by atoms with Gasteiger partial charge in [-0.3, -0.25) is 0 Å². The van der Waals surface area contributed by atoms with Crippen LogP contribution in [-0.4, -0.2) is 13.2 Å². The molecule has 0 spiro atoms. The molecule has 0 fully saturated rings. The first-order valence-corrected chi connectivity index (χ1v) is 21.6. The van der Waals surface area contributed by atoms with Gasteiger partial charge >= 0.3 is 115 Å². The van der Waals surface area contributed by atoms with Crippen molar-refractivity contribution in [2.24, 2.45) is 0 Å². The monoisotopic (exact) mass is 506 g/mol. The maximum absolute atomic E-state index is 6.59.